The summed E-state index contributed by atoms with van der Waals surface area (Å²) < 4.78 is 76.3. The van der Waals surface area contributed by atoms with Crippen molar-refractivity contribution in [1.29, 1.82) is 0 Å². The quantitative estimate of drug-likeness (QED) is 0.214. The summed E-state index contributed by atoms with van der Waals surface area (Å²) in [6, 6.07) is 2.64. The van der Waals surface area contributed by atoms with Gasteiger partial charge in [0.2, 0.25) is 23.3 Å². The maximum atomic E-state index is 15.2. The summed E-state index contributed by atoms with van der Waals surface area (Å²) in [7, 11) is 0. The predicted octanol–water partition coefficient (Wildman–Crippen LogP) is 4.67. The number of hydrogen-bond acceptors (Lipinski definition) is 6. The fraction of sp³-hybridized carbons (Fsp3) is 0.130. The van der Waals surface area contributed by atoms with Gasteiger partial charge in [0.1, 0.15) is 29.4 Å². The molecule has 1 unspecified atom stereocenters. The van der Waals surface area contributed by atoms with Crippen LogP contribution in [0.2, 0.25) is 0 Å². The second-order valence-electron chi connectivity index (χ2n) is 7.59. The van der Waals surface area contributed by atoms with Crippen LogP contribution in [0, 0.1) is 29.1 Å². The van der Waals surface area contributed by atoms with E-state index in [1.54, 1.807) is 6.92 Å². The smallest absolute Gasteiger partial charge is 0.243 e. The van der Waals surface area contributed by atoms with Crippen LogP contribution in [-0.4, -0.2) is 32.2 Å². The summed E-state index contributed by atoms with van der Waals surface area (Å²) >= 11 is 0. The van der Waals surface area contributed by atoms with Crippen molar-refractivity contribution < 1.29 is 32.9 Å². The minimum Gasteiger partial charge on any atom is -0.451 e. The fourth-order valence-electron chi connectivity index (χ4n) is 3.41. The lowest BCUT2D eigenvalue weighted by atomic mass is 10.1. The van der Waals surface area contributed by atoms with Crippen LogP contribution < -0.4 is 15.8 Å². The number of rotatable bonds is 7. The Morgan fingerprint density at radius 3 is 2.50 bits per heavy atom. The average Bonchev–Trinajstić information content (AvgIpc) is 3.24. The van der Waals surface area contributed by atoms with Gasteiger partial charge in [-0.2, -0.15) is 13.9 Å². The van der Waals surface area contributed by atoms with E-state index < -0.39 is 52.5 Å². The third-order valence-corrected chi connectivity index (χ3v) is 5.18. The SMILES string of the molecule is C=CC(=O)NCC(C)n1nc(-c2ccc(Oc3c(F)c(F)cc(F)c3F)cc2F)c2c(N)ncnc21.[HH]. The molecule has 2 heterocycles. The molecule has 3 N–H and O–H groups in total. The van der Waals surface area contributed by atoms with Crippen LogP contribution in [0.25, 0.3) is 22.3 Å². The van der Waals surface area contributed by atoms with E-state index in [1.165, 1.54) is 17.1 Å². The van der Waals surface area contributed by atoms with Crippen LogP contribution in [0.5, 0.6) is 11.5 Å². The number of nitrogens with zero attached hydrogens (tertiary/aromatic N) is 4. The molecule has 0 saturated carbocycles. The Morgan fingerprint density at radius 2 is 1.86 bits per heavy atom. The summed E-state index contributed by atoms with van der Waals surface area (Å²) in [5.74, 6) is -10.0. The molecule has 13 heteroatoms. The van der Waals surface area contributed by atoms with Crippen molar-refractivity contribution in [3.8, 4) is 22.8 Å². The summed E-state index contributed by atoms with van der Waals surface area (Å²) in [6.07, 6.45) is 2.30. The van der Waals surface area contributed by atoms with E-state index >= 15 is 4.39 Å². The first-order valence-corrected chi connectivity index (χ1v) is 10.3. The van der Waals surface area contributed by atoms with Gasteiger partial charge >= 0.3 is 0 Å². The number of ether oxygens (including phenoxy) is 1. The van der Waals surface area contributed by atoms with E-state index in [9.17, 15) is 22.4 Å². The Balaban J connectivity index is 0.00000380. The highest BCUT2D eigenvalue weighted by molar-refractivity contribution is 5.98. The molecule has 4 aromatic rings. The molecule has 0 aliphatic carbocycles. The standard InChI is InChI=1S/C23H17F5N6O2.H2/c1-3-16(35)30-8-10(2)34-23-17(22(29)31-9-32-23)20(33-34)12-5-4-11(6-13(12)24)36-21-18(27)14(25)7-15(26)19(21)28;/h3-7,9-10H,1,8H2,2H3,(H,30,35)(H2,29,31,32);1H. The third kappa shape index (κ3) is 4.42. The summed E-state index contributed by atoms with van der Waals surface area (Å²) in [4.78, 5) is 19.6. The zero-order valence-electron chi connectivity index (χ0n) is 18.5. The van der Waals surface area contributed by atoms with E-state index in [4.69, 9.17) is 10.5 Å². The van der Waals surface area contributed by atoms with Gasteiger partial charge in [-0.3, -0.25) is 4.79 Å². The lowest BCUT2D eigenvalue weighted by Gasteiger charge is -2.13. The van der Waals surface area contributed by atoms with Gasteiger partial charge < -0.3 is 15.8 Å². The lowest BCUT2D eigenvalue weighted by molar-refractivity contribution is -0.116. The van der Waals surface area contributed by atoms with Crippen molar-refractivity contribution in [2.24, 2.45) is 0 Å². The van der Waals surface area contributed by atoms with E-state index in [0.29, 0.717) is 0 Å². The highest BCUT2D eigenvalue weighted by Crippen LogP contribution is 2.36. The Labute approximate surface area is 201 Å². The molecule has 0 radical (unpaired) electrons. The molecule has 1 atom stereocenters. The zero-order chi connectivity index (χ0) is 26.1. The monoisotopic (exact) mass is 506 g/mol. The zero-order valence-corrected chi connectivity index (χ0v) is 18.5. The second-order valence-corrected chi connectivity index (χ2v) is 7.59. The number of halogens is 5. The number of carbonyl (C=O) groups is 1. The number of amides is 1. The molecule has 0 spiro atoms. The van der Waals surface area contributed by atoms with Gasteiger partial charge in [0, 0.05) is 25.7 Å². The largest absolute Gasteiger partial charge is 0.451 e. The van der Waals surface area contributed by atoms with Gasteiger partial charge in [-0.1, -0.05) is 6.58 Å². The van der Waals surface area contributed by atoms with Gasteiger partial charge in [0.25, 0.3) is 0 Å². The Kier molecular flexibility index (Phi) is 6.55. The van der Waals surface area contributed by atoms with Gasteiger partial charge in [-0.15, -0.1) is 0 Å². The molecule has 0 fully saturated rings. The molecule has 1 amide bonds. The first-order valence-electron chi connectivity index (χ1n) is 10.3. The van der Waals surface area contributed by atoms with Crippen LogP contribution in [0.1, 0.15) is 14.4 Å². The summed E-state index contributed by atoms with van der Waals surface area (Å²) in [5, 5.41) is 7.25. The van der Waals surface area contributed by atoms with Crippen LogP contribution >= 0.6 is 0 Å². The Hall–Kier alpha value is -4.55. The molecule has 0 aliphatic rings. The van der Waals surface area contributed by atoms with Crippen molar-refractivity contribution in [3.05, 3.63) is 72.3 Å². The van der Waals surface area contributed by atoms with Crippen molar-refractivity contribution in [2.75, 3.05) is 12.3 Å². The number of benzene rings is 2. The molecule has 36 heavy (non-hydrogen) atoms. The number of carbonyl (C=O) groups excluding carboxylic acids is 1. The molecule has 0 aliphatic heterocycles. The fourth-order valence-corrected chi connectivity index (χ4v) is 3.41. The van der Waals surface area contributed by atoms with E-state index in [-0.39, 0.29) is 42.1 Å². The van der Waals surface area contributed by atoms with Crippen LogP contribution in [0.15, 0.2) is 43.2 Å². The number of fused-ring (bicyclic) bond motifs is 1. The number of hydrogen-bond donors (Lipinski definition) is 2. The predicted molar refractivity (Wildman–Crippen MR) is 122 cm³/mol. The number of nitrogens with one attached hydrogen (secondary N) is 1. The van der Waals surface area contributed by atoms with Crippen LogP contribution in [-0.2, 0) is 4.79 Å². The minimum atomic E-state index is -1.77. The molecule has 0 saturated heterocycles. The third-order valence-electron chi connectivity index (χ3n) is 5.18. The number of aromatic nitrogens is 4. The van der Waals surface area contributed by atoms with E-state index in [1.807, 2.05) is 0 Å². The first-order chi connectivity index (χ1) is 17.1. The normalized spacial score (nSPS) is 11.9. The lowest BCUT2D eigenvalue weighted by Crippen LogP contribution is -2.28. The van der Waals surface area contributed by atoms with Crippen molar-refractivity contribution in [2.45, 2.75) is 13.0 Å². The van der Waals surface area contributed by atoms with Gasteiger partial charge in [-0.05, 0) is 25.1 Å². The maximum absolute atomic E-state index is 15.2. The van der Waals surface area contributed by atoms with Gasteiger partial charge in [-0.25, -0.2) is 27.8 Å². The molecule has 2 aromatic carbocycles. The maximum Gasteiger partial charge on any atom is 0.243 e. The van der Waals surface area contributed by atoms with Crippen molar-refractivity contribution in [3.63, 3.8) is 0 Å². The topological polar surface area (TPSA) is 108 Å². The Bertz CT molecular complexity index is 1490. The molecule has 2 aromatic heterocycles. The van der Waals surface area contributed by atoms with E-state index in [2.05, 4.69) is 27.0 Å². The molecular weight excluding hydrogens is 487 g/mol. The number of nitrogens with two attached hydrogens (primary N) is 1. The van der Waals surface area contributed by atoms with Gasteiger partial charge in [0.15, 0.2) is 17.3 Å². The molecule has 8 nitrogen and oxygen atoms in total. The molecule has 4 rings (SSSR count). The Morgan fingerprint density at radius 1 is 1.17 bits per heavy atom. The van der Waals surface area contributed by atoms with Crippen molar-refractivity contribution in [1.82, 2.24) is 25.1 Å². The van der Waals surface area contributed by atoms with Crippen molar-refractivity contribution >= 4 is 22.8 Å². The number of anilines is 1. The molecular formula is C23H19F5N6O2. The second kappa shape index (κ2) is 9.60. The van der Waals surface area contributed by atoms with Crippen LogP contribution in [0.4, 0.5) is 27.8 Å². The average molecular weight is 506 g/mol. The summed E-state index contributed by atoms with van der Waals surface area (Å²) in [5.41, 5.74) is 6.22. The first kappa shape index (κ1) is 24.6. The van der Waals surface area contributed by atoms with Gasteiger partial charge in [0.05, 0.1) is 11.4 Å². The molecule has 0 bridgehead atoms. The highest BCUT2D eigenvalue weighted by Gasteiger charge is 2.24. The molecule has 188 valence electrons. The van der Waals surface area contributed by atoms with Crippen LogP contribution in [0.3, 0.4) is 0 Å². The summed E-state index contributed by atoms with van der Waals surface area (Å²) in [6.45, 7) is 5.24. The van der Waals surface area contributed by atoms with E-state index in [0.717, 1.165) is 18.2 Å². The minimum absolute atomic E-state index is 0. The number of nitrogen functional groups attached to an aromatic ring is 1. The highest BCUT2D eigenvalue weighted by atomic mass is 19.2.